The number of hydrogen-bond donors (Lipinski definition) is 0. The number of carbonyl (C=O) groups is 1. The lowest BCUT2D eigenvalue weighted by molar-refractivity contribution is -0.137. The van der Waals surface area contributed by atoms with Crippen LogP contribution in [0.5, 0.6) is 0 Å². The zero-order chi connectivity index (χ0) is 19.3. The molecule has 0 aromatic heterocycles. The van der Waals surface area contributed by atoms with Gasteiger partial charge in [0.1, 0.15) is 11.6 Å². The van der Waals surface area contributed by atoms with Gasteiger partial charge < -0.3 is 4.74 Å². The van der Waals surface area contributed by atoms with E-state index in [1.807, 2.05) is 6.07 Å². The number of carbonyl (C=O) groups excluding carboxylic acids is 1. The number of rotatable bonds is 18. The molecule has 0 aromatic carbocycles. The number of nitriles is 1. The van der Waals surface area contributed by atoms with Crippen LogP contribution in [0.1, 0.15) is 104 Å². The molecule has 0 bridgehead atoms. The Morgan fingerprint density at radius 3 is 1.73 bits per heavy atom. The largest absolute Gasteiger partial charge is 0.462 e. The van der Waals surface area contributed by atoms with Gasteiger partial charge in [-0.15, -0.1) is 11.8 Å². The minimum atomic E-state index is -0.511. The predicted octanol–water partition coefficient (Wildman–Crippen LogP) is 7.17. The highest BCUT2D eigenvalue weighted by atomic mass is 32.2. The van der Waals surface area contributed by atoms with Gasteiger partial charge >= 0.3 is 5.97 Å². The summed E-state index contributed by atoms with van der Waals surface area (Å²) in [7, 11) is 0. The third kappa shape index (κ3) is 16.5. The van der Waals surface area contributed by atoms with Crippen molar-refractivity contribution in [2.45, 2.75) is 104 Å². The van der Waals surface area contributed by atoms with Gasteiger partial charge in [0, 0.05) is 0 Å². The first kappa shape index (κ1) is 25.1. The van der Waals surface area contributed by atoms with E-state index in [9.17, 15) is 4.79 Å². The average molecular weight is 382 g/mol. The van der Waals surface area contributed by atoms with Crippen LogP contribution in [-0.4, -0.2) is 18.3 Å². The van der Waals surface area contributed by atoms with Crippen molar-refractivity contribution in [3.05, 3.63) is 11.0 Å². The van der Waals surface area contributed by atoms with Gasteiger partial charge in [0.2, 0.25) is 0 Å². The topological polar surface area (TPSA) is 50.1 Å². The highest BCUT2D eigenvalue weighted by molar-refractivity contribution is 8.02. The number of hydrogen-bond acceptors (Lipinski definition) is 4. The van der Waals surface area contributed by atoms with Crippen molar-refractivity contribution in [2.75, 3.05) is 12.4 Å². The number of nitrogens with zero attached hydrogens (tertiary/aromatic N) is 1. The second kappa shape index (κ2) is 20.4. The van der Waals surface area contributed by atoms with Crippen molar-refractivity contribution in [1.29, 1.82) is 5.26 Å². The Balaban J connectivity index is 3.34. The van der Waals surface area contributed by atoms with Crippen LogP contribution < -0.4 is 0 Å². The Bertz CT molecular complexity index is 401. The van der Waals surface area contributed by atoms with Crippen LogP contribution in [-0.2, 0) is 9.53 Å². The maximum Gasteiger partial charge on any atom is 0.349 e. The zero-order valence-corrected chi connectivity index (χ0v) is 17.9. The molecule has 4 heteroatoms. The molecule has 0 fully saturated rings. The summed E-state index contributed by atoms with van der Waals surface area (Å²) in [5, 5.41) is 10.6. The molecule has 0 aliphatic heterocycles. The van der Waals surface area contributed by atoms with Crippen molar-refractivity contribution in [1.82, 2.24) is 0 Å². The van der Waals surface area contributed by atoms with E-state index < -0.39 is 5.97 Å². The van der Waals surface area contributed by atoms with E-state index in [0.29, 0.717) is 6.61 Å². The Morgan fingerprint density at radius 2 is 1.31 bits per heavy atom. The monoisotopic (exact) mass is 381 g/mol. The molecule has 0 atom stereocenters. The Morgan fingerprint density at radius 1 is 0.846 bits per heavy atom. The zero-order valence-electron chi connectivity index (χ0n) is 17.1. The molecule has 0 spiro atoms. The second-order valence-corrected chi connectivity index (χ2v) is 7.81. The molecular weight excluding hydrogens is 342 g/mol. The summed E-state index contributed by atoms with van der Waals surface area (Å²) in [6, 6.07) is 1.90. The Kier molecular flexibility index (Phi) is 19.6. The average Bonchev–Trinajstić information content (AvgIpc) is 2.64. The van der Waals surface area contributed by atoms with Crippen LogP contribution in [0.4, 0.5) is 0 Å². The van der Waals surface area contributed by atoms with Gasteiger partial charge in [-0.05, 0) is 24.5 Å². The van der Waals surface area contributed by atoms with Gasteiger partial charge in [-0.2, -0.15) is 5.26 Å². The molecule has 26 heavy (non-hydrogen) atoms. The lowest BCUT2D eigenvalue weighted by Crippen LogP contribution is -2.05. The number of thioether (sulfide) groups is 1. The Labute approximate surface area is 166 Å². The summed E-state index contributed by atoms with van der Waals surface area (Å²) in [6.07, 6.45) is 19.0. The summed E-state index contributed by atoms with van der Waals surface area (Å²) in [4.78, 5) is 11.4. The number of unbranched alkanes of at least 4 members (excludes halogenated alkanes) is 13. The van der Waals surface area contributed by atoms with Gasteiger partial charge in [-0.25, -0.2) is 4.79 Å². The summed E-state index contributed by atoms with van der Waals surface area (Å²) < 4.78 is 4.83. The lowest BCUT2D eigenvalue weighted by atomic mass is 10.0. The lowest BCUT2D eigenvalue weighted by Gasteiger charge is -2.03. The van der Waals surface area contributed by atoms with Crippen LogP contribution >= 0.6 is 11.8 Å². The first-order valence-corrected chi connectivity index (χ1v) is 11.7. The Hall–Kier alpha value is -0.950. The number of esters is 1. The summed E-state index contributed by atoms with van der Waals surface area (Å²) in [6.45, 7) is 4.32. The van der Waals surface area contributed by atoms with Gasteiger partial charge in [-0.1, -0.05) is 90.4 Å². The van der Waals surface area contributed by atoms with E-state index in [2.05, 4.69) is 6.92 Å². The highest BCUT2D eigenvalue weighted by Crippen LogP contribution is 2.15. The molecule has 0 amide bonds. The van der Waals surface area contributed by atoms with Gasteiger partial charge in [0.15, 0.2) is 0 Å². The van der Waals surface area contributed by atoms with Crippen molar-refractivity contribution < 1.29 is 9.53 Å². The molecule has 3 nitrogen and oxygen atoms in total. The molecule has 150 valence electrons. The van der Waals surface area contributed by atoms with Crippen molar-refractivity contribution in [3.8, 4) is 6.07 Å². The quantitative estimate of drug-likeness (QED) is 0.109. The van der Waals surface area contributed by atoms with Crippen LogP contribution in [0, 0.1) is 11.3 Å². The van der Waals surface area contributed by atoms with Crippen molar-refractivity contribution >= 4 is 17.7 Å². The smallest absolute Gasteiger partial charge is 0.349 e. The normalized spacial score (nSPS) is 11.3. The molecule has 0 aliphatic carbocycles. The van der Waals surface area contributed by atoms with Gasteiger partial charge in [0.25, 0.3) is 0 Å². The third-order valence-corrected chi connectivity index (χ3v) is 5.36. The summed E-state index contributed by atoms with van der Waals surface area (Å²) in [5.74, 6) is 0.450. The molecule has 0 aliphatic rings. The molecule has 0 aromatic rings. The minimum absolute atomic E-state index is 0.113. The molecule has 0 saturated carbocycles. The first-order chi connectivity index (χ1) is 12.8. The molecule has 0 unspecified atom stereocenters. The van der Waals surface area contributed by atoms with E-state index >= 15 is 0 Å². The predicted molar refractivity (Wildman–Crippen MR) is 113 cm³/mol. The van der Waals surface area contributed by atoms with E-state index in [4.69, 9.17) is 10.00 Å². The van der Waals surface area contributed by atoms with Crippen LogP contribution in [0.25, 0.3) is 0 Å². The van der Waals surface area contributed by atoms with E-state index in [0.717, 1.165) is 12.2 Å². The highest BCUT2D eigenvalue weighted by Gasteiger charge is 2.08. The van der Waals surface area contributed by atoms with Gasteiger partial charge in [0.05, 0.1) is 6.61 Å². The first-order valence-electron chi connectivity index (χ1n) is 10.6. The fourth-order valence-electron chi connectivity index (χ4n) is 2.85. The van der Waals surface area contributed by atoms with Gasteiger partial charge in [-0.3, -0.25) is 0 Å². The summed E-state index contributed by atoms with van der Waals surface area (Å²) in [5.41, 5.74) is 0.113. The maximum atomic E-state index is 11.4. The van der Waals surface area contributed by atoms with Crippen LogP contribution in [0.2, 0.25) is 0 Å². The molecule has 0 heterocycles. The molecule has 0 saturated heterocycles. The van der Waals surface area contributed by atoms with Crippen LogP contribution in [0.3, 0.4) is 0 Å². The van der Waals surface area contributed by atoms with Crippen molar-refractivity contribution in [2.24, 2.45) is 0 Å². The summed E-state index contributed by atoms with van der Waals surface area (Å²) >= 11 is 1.54. The third-order valence-electron chi connectivity index (χ3n) is 4.43. The second-order valence-electron chi connectivity index (χ2n) is 6.83. The minimum Gasteiger partial charge on any atom is -0.462 e. The van der Waals surface area contributed by atoms with Crippen molar-refractivity contribution in [3.63, 3.8) is 0 Å². The fourth-order valence-corrected chi connectivity index (χ4v) is 3.66. The number of ether oxygens (including phenoxy) is 1. The molecule has 0 radical (unpaired) electrons. The molecule has 0 N–H and O–H groups in total. The van der Waals surface area contributed by atoms with Crippen LogP contribution in [0.15, 0.2) is 11.0 Å². The molecular formula is C22H39NO2S. The van der Waals surface area contributed by atoms with E-state index in [-0.39, 0.29) is 5.57 Å². The fraction of sp³-hybridized carbons (Fsp3) is 0.818. The van der Waals surface area contributed by atoms with E-state index in [1.54, 1.807) is 12.3 Å². The van der Waals surface area contributed by atoms with E-state index in [1.165, 1.54) is 95.2 Å². The standard InChI is InChI=1S/C22H39NO2S/c1-3-5-6-7-8-9-10-11-12-13-14-15-16-17-18-26-20-21(19-23)22(24)25-4-2/h20H,3-18H2,1-2H3. The molecule has 0 rings (SSSR count). The maximum absolute atomic E-state index is 11.4. The SMILES string of the molecule is CCCCCCCCCCCCCCCCSC=C(C#N)C(=O)OCC.